The van der Waals surface area contributed by atoms with Crippen molar-refractivity contribution in [3.63, 3.8) is 0 Å². The largest absolute Gasteiger partial charge is 0.0890 e. The van der Waals surface area contributed by atoms with Crippen LogP contribution in [0, 0.1) is 0 Å². The summed E-state index contributed by atoms with van der Waals surface area (Å²) in [6.07, 6.45) is 13.2. The molecule has 2 aromatic rings. The molecule has 154 valence electrons. The van der Waals surface area contributed by atoms with Crippen LogP contribution in [0.4, 0.5) is 0 Å². The van der Waals surface area contributed by atoms with Crippen molar-refractivity contribution >= 4 is 21.6 Å². The molecule has 0 saturated carbocycles. The molecule has 0 N–H and O–H groups in total. The first-order chi connectivity index (χ1) is 13.8. The summed E-state index contributed by atoms with van der Waals surface area (Å²) in [5.41, 5.74) is 5.87. The zero-order valence-corrected chi connectivity index (χ0v) is 19.6. The summed E-state index contributed by atoms with van der Waals surface area (Å²) in [7, 11) is 3.94. The van der Waals surface area contributed by atoms with Gasteiger partial charge in [-0.3, -0.25) is 0 Å². The minimum absolute atomic E-state index is 1.09. The van der Waals surface area contributed by atoms with E-state index in [1.54, 1.807) is 0 Å². The Morgan fingerprint density at radius 3 is 1.18 bits per heavy atom. The maximum absolute atomic E-state index is 2.33. The quantitative estimate of drug-likeness (QED) is 0.210. The van der Waals surface area contributed by atoms with Crippen LogP contribution in [-0.2, 0) is 24.3 Å². The maximum Gasteiger partial charge on any atom is 0.0288 e. The van der Waals surface area contributed by atoms with Gasteiger partial charge in [0.1, 0.15) is 0 Å². The van der Waals surface area contributed by atoms with E-state index in [1.807, 2.05) is 21.6 Å². The van der Waals surface area contributed by atoms with Crippen LogP contribution in [0.25, 0.3) is 0 Å². The molecule has 0 aliphatic carbocycles. The van der Waals surface area contributed by atoms with E-state index >= 15 is 0 Å². The molecular weight excluding hydrogens is 376 g/mol. The maximum atomic E-state index is 2.33. The van der Waals surface area contributed by atoms with E-state index < -0.39 is 0 Å². The van der Waals surface area contributed by atoms with Gasteiger partial charge in [0.05, 0.1) is 0 Å². The summed E-state index contributed by atoms with van der Waals surface area (Å²) in [6, 6.07) is 18.6. The Hall–Kier alpha value is -0.860. The number of hydrogen-bond acceptors (Lipinski definition) is 2. The van der Waals surface area contributed by atoms with Crippen LogP contribution < -0.4 is 0 Å². The molecule has 0 amide bonds. The summed E-state index contributed by atoms with van der Waals surface area (Å²) < 4.78 is 0. The smallest absolute Gasteiger partial charge is 0.0288 e. The van der Waals surface area contributed by atoms with Crippen molar-refractivity contribution < 1.29 is 0 Å². The molecule has 0 atom stereocenters. The number of rotatable bonds is 15. The fourth-order valence-electron chi connectivity index (χ4n) is 3.34. The average Bonchev–Trinajstić information content (AvgIpc) is 2.74. The van der Waals surface area contributed by atoms with Gasteiger partial charge in [-0.25, -0.2) is 0 Å². The Balaban J connectivity index is 1.60. The Morgan fingerprint density at radius 1 is 0.464 bits per heavy atom. The third kappa shape index (κ3) is 10.1. The van der Waals surface area contributed by atoms with Crippen LogP contribution in [0.15, 0.2) is 48.5 Å². The second kappa shape index (κ2) is 15.0. The molecule has 0 aromatic heterocycles. The molecule has 0 saturated heterocycles. The Bertz CT molecular complexity index is 558. The van der Waals surface area contributed by atoms with Crippen molar-refractivity contribution in [1.29, 1.82) is 0 Å². The van der Waals surface area contributed by atoms with Crippen LogP contribution in [0.3, 0.4) is 0 Å². The standard InChI is InChI=1S/C26H38S2/c1-3-5-7-9-11-23-13-17-25(18-14-23)21-27-28-22-26-19-15-24(16-20-26)12-10-8-6-4-2/h13-20H,3-12,21-22H2,1-2H3. The van der Waals surface area contributed by atoms with Gasteiger partial charge in [-0.2, -0.15) is 0 Å². The lowest BCUT2D eigenvalue weighted by Gasteiger charge is -2.06. The first-order valence-corrected chi connectivity index (χ1v) is 13.7. The van der Waals surface area contributed by atoms with Crippen LogP contribution in [-0.4, -0.2) is 0 Å². The molecule has 2 aromatic carbocycles. The molecule has 2 heteroatoms. The molecule has 0 spiro atoms. The third-order valence-electron chi connectivity index (χ3n) is 5.22. The molecule has 0 aliphatic rings. The van der Waals surface area contributed by atoms with Crippen LogP contribution in [0.5, 0.6) is 0 Å². The zero-order chi connectivity index (χ0) is 19.9. The van der Waals surface area contributed by atoms with Gasteiger partial charge in [-0.15, -0.1) is 0 Å². The van der Waals surface area contributed by atoms with Crippen molar-refractivity contribution in [3.8, 4) is 0 Å². The normalized spacial score (nSPS) is 11.1. The lowest BCUT2D eigenvalue weighted by atomic mass is 10.1. The summed E-state index contributed by atoms with van der Waals surface area (Å²) in [5, 5.41) is 0. The number of hydrogen-bond donors (Lipinski definition) is 0. The van der Waals surface area contributed by atoms with Crippen LogP contribution >= 0.6 is 21.6 Å². The number of aryl methyl sites for hydroxylation is 2. The molecule has 0 radical (unpaired) electrons. The average molecular weight is 415 g/mol. The first kappa shape index (κ1) is 23.4. The molecule has 0 heterocycles. The van der Waals surface area contributed by atoms with Gasteiger partial charge < -0.3 is 0 Å². The van der Waals surface area contributed by atoms with E-state index in [9.17, 15) is 0 Å². The van der Waals surface area contributed by atoms with E-state index in [-0.39, 0.29) is 0 Å². The summed E-state index contributed by atoms with van der Waals surface area (Å²) in [4.78, 5) is 0. The van der Waals surface area contributed by atoms with Gasteiger partial charge in [0.15, 0.2) is 0 Å². The number of benzene rings is 2. The lowest BCUT2D eigenvalue weighted by Crippen LogP contribution is -1.88. The third-order valence-corrected chi connectivity index (χ3v) is 7.49. The van der Waals surface area contributed by atoms with Gasteiger partial charge >= 0.3 is 0 Å². The second-order valence-corrected chi connectivity index (χ2v) is 10.2. The van der Waals surface area contributed by atoms with Gasteiger partial charge in [-0.1, -0.05) is 122 Å². The minimum atomic E-state index is 1.09. The highest BCUT2D eigenvalue weighted by Gasteiger charge is 2.00. The van der Waals surface area contributed by atoms with E-state index in [1.165, 1.54) is 86.5 Å². The first-order valence-electron chi connectivity index (χ1n) is 11.2. The van der Waals surface area contributed by atoms with E-state index in [0.717, 1.165) is 11.5 Å². The molecule has 0 nitrogen and oxygen atoms in total. The lowest BCUT2D eigenvalue weighted by molar-refractivity contribution is 0.667. The Kier molecular flexibility index (Phi) is 12.6. The zero-order valence-electron chi connectivity index (χ0n) is 17.9. The van der Waals surface area contributed by atoms with E-state index in [0.29, 0.717) is 0 Å². The minimum Gasteiger partial charge on any atom is -0.0890 e. The highest BCUT2D eigenvalue weighted by Crippen LogP contribution is 2.29. The van der Waals surface area contributed by atoms with Gasteiger partial charge in [-0.05, 0) is 47.9 Å². The highest BCUT2D eigenvalue weighted by atomic mass is 33.1. The fraction of sp³-hybridized carbons (Fsp3) is 0.538. The fourth-order valence-corrected chi connectivity index (χ4v) is 5.48. The van der Waals surface area contributed by atoms with Crippen molar-refractivity contribution in [3.05, 3.63) is 70.8 Å². The van der Waals surface area contributed by atoms with E-state index in [4.69, 9.17) is 0 Å². The van der Waals surface area contributed by atoms with Gasteiger partial charge in [0.25, 0.3) is 0 Å². The summed E-state index contributed by atoms with van der Waals surface area (Å²) in [6.45, 7) is 4.55. The summed E-state index contributed by atoms with van der Waals surface area (Å²) in [5.74, 6) is 2.19. The summed E-state index contributed by atoms with van der Waals surface area (Å²) >= 11 is 0. The van der Waals surface area contributed by atoms with E-state index in [2.05, 4.69) is 62.4 Å². The topological polar surface area (TPSA) is 0 Å². The van der Waals surface area contributed by atoms with Crippen molar-refractivity contribution in [2.45, 2.75) is 89.6 Å². The van der Waals surface area contributed by atoms with Crippen LogP contribution in [0.2, 0.25) is 0 Å². The predicted molar refractivity (Wildman–Crippen MR) is 131 cm³/mol. The van der Waals surface area contributed by atoms with Crippen molar-refractivity contribution in [1.82, 2.24) is 0 Å². The monoisotopic (exact) mass is 414 g/mol. The molecule has 28 heavy (non-hydrogen) atoms. The van der Waals surface area contributed by atoms with Crippen molar-refractivity contribution in [2.75, 3.05) is 0 Å². The molecule has 0 aliphatic heterocycles. The molecule has 0 fully saturated rings. The second-order valence-electron chi connectivity index (χ2n) is 7.78. The van der Waals surface area contributed by atoms with Crippen molar-refractivity contribution in [2.24, 2.45) is 0 Å². The SMILES string of the molecule is CCCCCCc1ccc(CSSCc2ccc(CCCCCC)cc2)cc1. The Morgan fingerprint density at radius 2 is 0.821 bits per heavy atom. The Labute approximate surface area is 181 Å². The van der Waals surface area contributed by atoms with Gasteiger partial charge in [0, 0.05) is 11.5 Å². The van der Waals surface area contributed by atoms with Gasteiger partial charge in [0.2, 0.25) is 0 Å². The molecule has 0 bridgehead atoms. The van der Waals surface area contributed by atoms with Crippen LogP contribution in [0.1, 0.15) is 87.5 Å². The number of unbranched alkanes of at least 4 members (excludes halogenated alkanes) is 6. The molecular formula is C26H38S2. The molecule has 2 rings (SSSR count). The molecule has 0 unspecified atom stereocenters. The highest BCUT2D eigenvalue weighted by molar-refractivity contribution is 8.76. The predicted octanol–water partition coefficient (Wildman–Crippen LogP) is 9.01.